The zero-order valence-corrected chi connectivity index (χ0v) is 7.81. The van der Waals surface area contributed by atoms with Crippen molar-refractivity contribution in [3.8, 4) is 0 Å². The average molecular weight is 188 g/mol. The van der Waals surface area contributed by atoms with Gasteiger partial charge in [0.2, 0.25) is 5.91 Å². The summed E-state index contributed by atoms with van der Waals surface area (Å²) in [5.41, 5.74) is 0. The van der Waals surface area contributed by atoms with Crippen LogP contribution in [-0.4, -0.2) is 17.8 Å². The number of piperidine rings is 1. The van der Waals surface area contributed by atoms with Crippen molar-refractivity contribution in [3.05, 3.63) is 0 Å². The quantitative estimate of drug-likeness (QED) is 0.573. The molecule has 0 spiro atoms. The smallest absolute Gasteiger partial charge is 0.238 e. The van der Waals surface area contributed by atoms with Crippen LogP contribution in [0.15, 0.2) is 0 Å². The lowest BCUT2D eigenvalue weighted by atomic mass is 9.75. The fraction of sp³-hybridized carbons (Fsp3) is 0.889. The fourth-order valence-corrected chi connectivity index (χ4v) is 2.81. The minimum absolute atomic E-state index is 0.0415. The van der Waals surface area contributed by atoms with Gasteiger partial charge in [0.25, 0.3) is 0 Å². The standard InChI is InChI=1S/C9H14ClNO/c10-8-7-4-2-1-3-6(7)5-11-9(8)12/h6-8H,1-5H2,(H,11,12)/t6-,7+,8?/m0/s1. The van der Waals surface area contributed by atoms with Crippen LogP contribution in [0.5, 0.6) is 0 Å². The number of rotatable bonds is 0. The third-order valence-corrected chi connectivity index (χ3v) is 3.65. The van der Waals surface area contributed by atoms with Crippen LogP contribution in [0.4, 0.5) is 0 Å². The number of fused-ring (bicyclic) bond motifs is 1. The molecule has 1 N–H and O–H groups in total. The monoisotopic (exact) mass is 187 g/mol. The predicted octanol–water partition coefficient (Wildman–Crippen LogP) is 1.53. The lowest BCUT2D eigenvalue weighted by molar-refractivity contribution is -0.124. The van der Waals surface area contributed by atoms with E-state index >= 15 is 0 Å². The predicted molar refractivity (Wildman–Crippen MR) is 48.1 cm³/mol. The van der Waals surface area contributed by atoms with Gasteiger partial charge in [0, 0.05) is 6.54 Å². The summed E-state index contributed by atoms with van der Waals surface area (Å²) in [6.45, 7) is 0.854. The van der Waals surface area contributed by atoms with E-state index in [4.69, 9.17) is 11.6 Å². The summed E-state index contributed by atoms with van der Waals surface area (Å²) in [7, 11) is 0. The highest BCUT2D eigenvalue weighted by Crippen LogP contribution is 2.36. The second-order valence-corrected chi connectivity index (χ2v) is 4.33. The molecule has 0 aromatic heterocycles. The van der Waals surface area contributed by atoms with Gasteiger partial charge in [0.1, 0.15) is 5.38 Å². The molecule has 1 saturated carbocycles. The number of nitrogens with one attached hydrogen (secondary N) is 1. The molecule has 0 bridgehead atoms. The Labute approximate surface area is 77.7 Å². The highest BCUT2D eigenvalue weighted by atomic mass is 35.5. The van der Waals surface area contributed by atoms with Gasteiger partial charge in [-0.1, -0.05) is 12.8 Å². The summed E-state index contributed by atoms with van der Waals surface area (Å²) in [4.78, 5) is 11.2. The van der Waals surface area contributed by atoms with Crippen LogP contribution in [0.2, 0.25) is 0 Å². The van der Waals surface area contributed by atoms with Gasteiger partial charge in [-0.25, -0.2) is 0 Å². The Bertz CT molecular complexity index is 195. The molecule has 0 aromatic carbocycles. The third-order valence-electron chi connectivity index (χ3n) is 3.13. The third kappa shape index (κ3) is 1.33. The van der Waals surface area contributed by atoms with Gasteiger partial charge in [-0.2, -0.15) is 0 Å². The molecule has 1 amide bonds. The Morgan fingerprint density at radius 1 is 1.33 bits per heavy atom. The number of alkyl halides is 1. The van der Waals surface area contributed by atoms with Crippen molar-refractivity contribution in [1.29, 1.82) is 0 Å². The highest BCUT2D eigenvalue weighted by molar-refractivity contribution is 6.31. The van der Waals surface area contributed by atoms with E-state index in [2.05, 4.69) is 5.32 Å². The molecule has 2 fully saturated rings. The molecule has 68 valence electrons. The molecule has 0 aromatic rings. The molecular weight excluding hydrogens is 174 g/mol. The van der Waals surface area contributed by atoms with Gasteiger partial charge in [-0.05, 0) is 24.7 Å². The van der Waals surface area contributed by atoms with E-state index in [9.17, 15) is 4.79 Å². The Morgan fingerprint density at radius 3 is 2.92 bits per heavy atom. The molecule has 2 aliphatic rings. The van der Waals surface area contributed by atoms with Crippen molar-refractivity contribution in [1.82, 2.24) is 5.32 Å². The summed E-state index contributed by atoms with van der Waals surface area (Å²) in [5, 5.41) is 2.60. The number of hydrogen-bond donors (Lipinski definition) is 1. The van der Waals surface area contributed by atoms with Gasteiger partial charge < -0.3 is 5.32 Å². The summed E-state index contributed by atoms with van der Waals surface area (Å²) < 4.78 is 0. The normalized spacial score (nSPS) is 41.8. The molecule has 12 heavy (non-hydrogen) atoms. The van der Waals surface area contributed by atoms with Crippen LogP contribution in [-0.2, 0) is 4.79 Å². The molecule has 3 atom stereocenters. The number of halogens is 1. The Morgan fingerprint density at radius 2 is 2.08 bits per heavy atom. The molecule has 1 aliphatic heterocycles. The van der Waals surface area contributed by atoms with E-state index in [0.717, 1.165) is 13.0 Å². The molecule has 1 heterocycles. The van der Waals surface area contributed by atoms with Crippen LogP contribution in [0.3, 0.4) is 0 Å². The largest absolute Gasteiger partial charge is 0.355 e. The molecule has 2 nitrogen and oxygen atoms in total. The van der Waals surface area contributed by atoms with Gasteiger partial charge >= 0.3 is 0 Å². The van der Waals surface area contributed by atoms with Gasteiger partial charge in [0.15, 0.2) is 0 Å². The molecule has 1 unspecified atom stereocenters. The molecular formula is C9H14ClNO. The second kappa shape index (κ2) is 3.25. The molecule has 1 saturated heterocycles. The number of amides is 1. The van der Waals surface area contributed by atoms with Crippen molar-refractivity contribution < 1.29 is 4.79 Å². The summed E-state index contributed by atoms with van der Waals surface area (Å²) in [6, 6.07) is 0. The van der Waals surface area contributed by atoms with Crippen molar-refractivity contribution >= 4 is 17.5 Å². The number of carbonyl (C=O) groups excluding carboxylic acids is 1. The second-order valence-electron chi connectivity index (χ2n) is 3.86. The fourth-order valence-electron chi connectivity index (χ4n) is 2.40. The van der Waals surface area contributed by atoms with Crippen molar-refractivity contribution in [3.63, 3.8) is 0 Å². The Hall–Kier alpha value is -0.240. The van der Waals surface area contributed by atoms with Crippen LogP contribution < -0.4 is 5.32 Å². The van der Waals surface area contributed by atoms with Crippen molar-refractivity contribution in [2.45, 2.75) is 31.1 Å². The van der Waals surface area contributed by atoms with Crippen molar-refractivity contribution in [2.75, 3.05) is 6.54 Å². The van der Waals surface area contributed by atoms with E-state index in [1.54, 1.807) is 0 Å². The summed E-state index contributed by atoms with van der Waals surface area (Å²) >= 11 is 6.03. The zero-order chi connectivity index (χ0) is 8.55. The van der Waals surface area contributed by atoms with E-state index in [-0.39, 0.29) is 11.3 Å². The van der Waals surface area contributed by atoms with Crippen LogP contribution >= 0.6 is 11.6 Å². The first-order chi connectivity index (χ1) is 5.79. The Kier molecular flexibility index (Phi) is 2.26. The maximum Gasteiger partial charge on any atom is 0.238 e. The van der Waals surface area contributed by atoms with Crippen LogP contribution in [0.25, 0.3) is 0 Å². The number of hydrogen-bond acceptors (Lipinski definition) is 1. The molecule has 0 radical (unpaired) electrons. The zero-order valence-electron chi connectivity index (χ0n) is 7.05. The van der Waals surface area contributed by atoms with E-state index in [1.807, 2.05) is 0 Å². The molecule has 2 rings (SSSR count). The molecule has 3 heteroatoms. The van der Waals surface area contributed by atoms with E-state index in [1.165, 1.54) is 19.3 Å². The Balaban J connectivity index is 2.08. The first-order valence-corrected chi connectivity index (χ1v) is 5.14. The lowest BCUT2D eigenvalue weighted by Crippen LogP contribution is -2.49. The van der Waals surface area contributed by atoms with Crippen LogP contribution in [0, 0.1) is 11.8 Å². The lowest BCUT2D eigenvalue weighted by Gasteiger charge is -2.38. The first kappa shape index (κ1) is 8.36. The highest BCUT2D eigenvalue weighted by Gasteiger charge is 2.38. The molecule has 1 aliphatic carbocycles. The summed E-state index contributed by atoms with van der Waals surface area (Å²) in [5.74, 6) is 1.15. The van der Waals surface area contributed by atoms with E-state index < -0.39 is 0 Å². The van der Waals surface area contributed by atoms with Crippen LogP contribution in [0.1, 0.15) is 25.7 Å². The minimum Gasteiger partial charge on any atom is -0.355 e. The van der Waals surface area contributed by atoms with Gasteiger partial charge in [-0.15, -0.1) is 11.6 Å². The average Bonchev–Trinajstić information content (AvgIpc) is 2.12. The van der Waals surface area contributed by atoms with Gasteiger partial charge in [0.05, 0.1) is 0 Å². The maximum atomic E-state index is 11.2. The summed E-state index contributed by atoms with van der Waals surface area (Å²) in [6.07, 6.45) is 4.94. The first-order valence-electron chi connectivity index (χ1n) is 4.71. The topological polar surface area (TPSA) is 29.1 Å². The minimum atomic E-state index is -0.260. The van der Waals surface area contributed by atoms with Gasteiger partial charge in [-0.3, -0.25) is 4.79 Å². The maximum absolute atomic E-state index is 11.2. The van der Waals surface area contributed by atoms with E-state index in [0.29, 0.717) is 11.8 Å². The number of carbonyl (C=O) groups is 1. The SMILES string of the molecule is O=C1NC[C@@H]2CCCC[C@H]2C1Cl. The van der Waals surface area contributed by atoms with Crippen molar-refractivity contribution in [2.24, 2.45) is 11.8 Å².